The predicted octanol–water partition coefficient (Wildman–Crippen LogP) is 3.05. The average Bonchev–Trinajstić information content (AvgIpc) is 2.59. The average molecular weight is 390 g/mol. The zero-order chi connectivity index (χ0) is 21.8. The van der Waals surface area contributed by atoms with Gasteiger partial charge in [-0.15, -0.1) is 18.9 Å². The van der Waals surface area contributed by atoms with Crippen LogP contribution in [0.2, 0.25) is 0 Å². The Labute approximate surface area is 168 Å². The lowest BCUT2D eigenvalue weighted by Gasteiger charge is -2.29. The summed E-state index contributed by atoms with van der Waals surface area (Å²) in [6.07, 6.45) is 6.47. The molecule has 0 aliphatic rings. The van der Waals surface area contributed by atoms with Gasteiger partial charge in [-0.3, -0.25) is 14.4 Å². The second kappa shape index (κ2) is 11.9. The van der Waals surface area contributed by atoms with Gasteiger partial charge in [-0.05, 0) is 20.3 Å². The number of hydrogen-bond donors (Lipinski definition) is 0. The highest BCUT2D eigenvalue weighted by Gasteiger charge is 2.48. The van der Waals surface area contributed by atoms with Crippen molar-refractivity contribution in [1.29, 1.82) is 0 Å². The van der Waals surface area contributed by atoms with Gasteiger partial charge in [-0.25, -0.2) is 0 Å². The van der Waals surface area contributed by atoms with E-state index in [4.69, 9.17) is 20.6 Å². The maximum atomic E-state index is 12.5. The molecular weight excluding hydrogens is 360 g/mol. The molecule has 0 saturated carbocycles. The van der Waals surface area contributed by atoms with E-state index in [1.54, 1.807) is 19.9 Å². The van der Waals surface area contributed by atoms with Gasteiger partial charge < -0.3 is 14.2 Å². The molecular formula is C22H30O6. The van der Waals surface area contributed by atoms with Crippen molar-refractivity contribution >= 4 is 17.9 Å². The van der Waals surface area contributed by atoms with Gasteiger partial charge in [0.1, 0.15) is 0 Å². The minimum absolute atomic E-state index is 0.0838. The number of terminal acetylenes is 1. The minimum atomic E-state index is -1.73. The van der Waals surface area contributed by atoms with Crippen LogP contribution in [0.25, 0.3) is 0 Å². The van der Waals surface area contributed by atoms with E-state index in [2.05, 4.69) is 24.3 Å². The van der Waals surface area contributed by atoms with E-state index >= 15 is 0 Å². The number of carbonyl (C=O) groups excluding carboxylic acids is 3. The topological polar surface area (TPSA) is 78.9 Å². The zero-order valence-electron chi connectivity index (χ0n) is 17.4. The Morgan fingerprint density at radius 3 is 2.04 bits per heavy atom. The molecule has 28 heavy (non-hydrogen) atoms. The molecule has 0 aromatic carbocycles. The highest BCUT2D eigenvalue weighted by atomic mass is 16.6. The van der Waals surface area contributed by atoms with Gasteiger partial charge in [0.15, 0.2) is 11.5 Å². The molecule has 0 N–H and O–H groups in total. The van der Waals surface area contributed by atoms with Crippen LogP contribution in [-0.4, -0.2) is 37.2 Å². The Morgan fingerprint density at radius 2 is 1.64 bits per heavy atom. The van der Waals surface area contributed by atoms with Crippen molar-refractivity contribution in [3.63, 3.8) is 0 Å². The normalized spacial score (nSPS) is 11.9. The second-order valence-corrected chi connectivity index (χ2v) is 6.87. The third-order valence-corrected chi connectivity index (χ3v) is 4.02. The lowest BCUT2D eigenvalue weighted by Crippen LogP contribution is -2.42. The van der Waals surface area contributed by atoms with Crippen LogP contribution >= 0.6 is 0 Å². The summed E-state index contributed by atoms with van der Waals surface area (Å²) >= 11 is 0. The van der Waals surface area contributed by atoms with Gasteiger partial charge in [0.2, 0.25) is 0 Å². The van der Waals surface area contributed by atoms with E-state index < -0.39 is 34.8 Å². The van der Waals surface area contributed by atoms with Crippen molar-refractivity contribution in [2.45, 2.75) is 60.0 Å². The molecule has 0 aliphatic carbocycles. The smallest absolute Gasteiger partial charge is 0.325 e. The first-order valence-electron chi connectivity index (χ1n) is 9.15. The summed E-state index contributed by atoms with van der Waals surface area (Å²) in [6, 6.07) is 0. The second-order valence-electron chi connectivity index (χ2n) is 6.87. The summed E-state index contributed by atoms with van der Waals surface area (Å²) in [5.41, 5.74) is -2.24. The van der Waals surface area contributed by atoms with E-state index in [1.807, 2.05) is 13.8 Å². The molecule has 0 fully saturated rings. The highest BCUT2D eigenvalue weighted by Crippen LogP contribution is 2.31. The Kier molecular flexibility index (Phi) is 10.7. The summed E-state index contributed by atoms with van der Waals surface area (Å²) in [7, 11) is 0. The summed E-state index contributed by atoms with van der Waals surface area (Å²) in [6.45, 7) is 12.2. The fraction of sp³-hybridized carbons (Fsp3) is 0.591. The lowest BCUT2D eigenvalue weighted by molar-refractivity contribution is -0.171. The standard InChI is InChI=1S/C22H30O6/c1-8-14-21(6,7)18(28-17(5)23)13-12-16-22(15-9-2,19(24)26-10-3)20(25)27-11-4/h2,8,18H,1,10-11,14-16H2,3-7H3. The van der Waals surface area contributed by atoms with E-state index in [-0.39, 0.29) is 26.1 Å². The summed E-state index contributed by atoms with van der Waals surface area (Å²) in [4.78, 5) is 36.5. The molecule has 6 heteroatoms. The van der Waals surface area contributed by atoms with Gasteiger partial charge >= 0.3 is 17.9 Å². The largest absolute Gasteiger partial charge is 0.465 e. The van der Waals surface area contributed by atoms with Gasteiger partial charge in [0.25, 0.3) is 0 Å². The molecule has 0 bridgehead atoms. The van der Waals surface area contributed by atoms with E-state index in [1.165, 1.54) is 6.92 Å². The van der Waals surface area contributed by atoms with Crippen LogP contribution in [0.15, 0.2) is 12.7 Å². The molecule has 0 saturated heterocycles. The minimum Gasteiger partial charge on any atom is -0.465 e. The molecule has 0 aliphatic heterocycles. The Balaban J connectivity index is 5.96. The molecule has 0 rings (SSSR count). The summed E-state index contributed by atoms with van der Waals surface area (Å²) in [5.74, 6) is 5.95. The van der Waals surface area contributed by atoms with Gasteiger partial charge in [0, 0.05) is 25.2 Å². The maximum Gasteiger partial charge on any atom is 0.325 e. The van der Waals surface area contributed by atoms with Crippen molar-refractivity contribution < 1.29 is 28.6 Å². The molecule has 0 radical (unpaired) electrons. The van der Waals surface area contributed by atoms with Crippen molar-refractivity contribution in [3.8, 4) is 24.2 Å². The van der Waals surface area contributed by atoms with Crippen LogP contribution in [0.4, 0.5) is 0 Å². The molecule has 0 spiro atoms. The number of allylic oxidation sites excluding steroid dienone is 1. The fourth-order valence-electron chi connectivity index (χ4n) is 2.47. The first-order chi connectivity index (χ1) is 13.1. The van der Waals surface area contributed by atoms with Crippen molar-refractivity contribution in [3.05, 3.63) is 12.7 Å². The molecule has 1 atom stereocenters. The molecule has 6 nitrogen and oxygen atoms in total. The van der Waals surface area contributed by atoms with Gasteiger partial charge in [-0.1, -0.05) is 31.8 Å². The third-order valence-electron chi connectivity index (χ3n) is 4.02. The number of hydrogen-bond acceptors (Lipinski definition) is 6. The molecule has 1 unspecified atom stereocenters. The monoisotopic (exact) mass is 390 g/mol. The third kappa shape index (κ3) is 7.12. The molecule has 0 heterocycles. The lowest BCUT2D eigenvalue weighted by atomic mass is 9.80. The van der Waals surface area contributed by atoms with E-state index in [0.29, 0.717) is 6.42 Å². The molecule has 0 aromatic rings. The first-order valence-corrected chi connectivity index (χ1v) is 9.15. The maximum absolute atomic E-state index is 12.5. The SMILES string of the molecule is C#CCC(CC#CC(OC(C)=O)C(C)(C)CC=C)(C(=O)OCC)C(=O)OCC. The number of esters is 3. The Morgan fingerprint density at radius 1 is 1.11 bits per heavy atom. The molecule has 154 valence electrons. The number of rotatable bonds is 10. The fourth-order valence-corrected chi connectivity index (χ4v) is 2.47. The van der Waals surface area contributed by atoms with Gasteiger partial charge in [0.05, 0.1) is 13.2 Å². The van der Waals surface area contributed by atoms with Crippen LogP contribution in [0, 0.1) is 35.0 Å². The van der Waals surface area contributed by atoms with Crippen LogP contribution in [-0.2, 0) is 28.6 Å². The van der Waals surface area contributed by atoms with Crippen molar-refractivity contribution in [2.24, 2.45) is 10.8 Å². The Bertz CT molecular complexity index is 653. The molecule has 0 aromatic heterocycles. The predicted molar refractivity (Wildman–Crippen MR) is 106 cm³/mol. The van der Waals surface area contributed by atoms with Gasteiger partial charge in [-0.2, -0.15) is 0 Å². The summed E-state index contributed by atoms with van der Waals surface area (Å²) < 4.78 is 15.4. The van der Waals surface area contributed by atoms with Crippen molar-refractivity contribution in [2.75, 3.05) is 13.2 Å². The number of ether oxygens (including phenoxy) is 3. The van der Waals surface area contributed by atoms with E-state index in [9.17, 15) is 14.4 Å². The van der Waals surface area contributed by atoms with E-state index in [0.717, 1.165) is 0 Å². The van der Waals surface area contributed by atoms with Crippen LogP contribution < -0.4 is 0 Å². The summed E-state index contributed by atoms with van der Waals surface area (Å²) in [5, 5.41) is 0. The van der Waals surface area contributed by atoms with Crippen molar-refractivity contribution in [1.82, 2.24) is 0 Å². The number of carbonyl (C=O) groups is 3. The zero-order valence-corrected chi connectivity index (χ0v) is 17.4. The molecule has 0 amide bonds. The first kappa shape index (κ1) is 25.3. The van der Waals surface area contributed by atoms with Crippen LogP contribution in [0.5, 0.6) is 0 Å². The van der Waals surface area contributed by atoms with Crippen LogP contribution in [0.3, 0.4) is 0 Å². The quantitative estimate of drug-likeness (QED) is 0.188. The van der Waals surface area contributed by atoms with Crippen LogP contribution in [0.1, 0.15) is 53.9 Å². The Hall–Kier alpha value is -2.73. The highest BCUT2D eigenvalue weighted by molar-refractivity contribution is 6.00.